The summed E-state index contributed by atoms with van der Waals surface area (Å²) in [6.45, 7) is 44.1. The molecule has 0 radical (unpaired) electrons. The number of carbonyl (C=O) groups is 14. The molecule has 3 aliphatic heterocycles. The second-order valence-corrected chi connectivity index (χ2v) is 46.1. The highest BCUT2D eigenvalue weighted by Crippen LogP contribution is 2.63. The quantitative estimate of drug-likeness (QED) is 0.0169. The molecule has 146 heavy (non-hydrogen) atoms. The van der Waals surface area contributed by atoms with Crippen LogP contribution in [0.4, 0.5) is 0 Å². The fraction of sp³-hybridized carbons (Fsp3) is 0.870. The number of esters is 7. The van der Waals surface area contributed by atoms with E-state index in [0.29, 0.717) is 162 Å². The minimum atomic E-state index is -0.934. The van der Waals surface area contributed by atoms with Crippen LogP contribution in [0.5, 0.6) is 0 Å². The first-order chi connectivity index (χ1) is 67.3. The Morgan fingerprint density at radius 2 is 0.418 bits per heavy atom. The molecule has 3 heterocycles. The number of carboxylic acid groups (broad SMARTS) is 7. The van der Waals surface area contributed by atoms with E-state index in [1.807, 2.05) is 96.9 Å². The van der Waals surface area contributed by atoms with Gasteiger partial charge < -0.3 is 116 Å². The molecule has 0 amide bonds. The lowest BCUT2D eigenvalue weighted by molar-refractivity contribution is -0.168. The molecule has 7 saturated carbocycles. The predicted molar refractivity (Wildman–Crippen MR) is 534 cm³/mol. The first-order valence-corrected chi connectivity index (χ1v) is 51.5. The van der Waals surface area contributed by atoms with Crippen LogP contribution in [0.2, 0.25) is 0 Å². The van der Waals surface area contributed by atoms with Crippen LogP contribution < -0.4 is 0 Å². The van der Waals surface area contributed by atoms with Gasteiger partial charge in [0.05, 0.1) is 139 Å². The first-order valence-electron chi connectivity index (χ1n) is 51.5. The molecule has 844 valence electrons. The van der Waals surface area contributed by atoms with Crippen molar-refractivity contribution in [1.29, 1.82) is 0 Å². The molecule has 7 N–H and O–H groups in total. The topological polar surface area (TPSA) is 538 Å². The van der Waals surface area contributed by atoms with Crippen molar-refractivity contribution in [1.82, 2.24) is 0 Å². The van der Waals surface area contributed by atoms with Crippen molar-refractivity contribution >= 4 is 83.6 Å². The zero-order valence-corrected chi connectivity index (χ0v) is 92.2. The van der Waals surface area contributed by atoms with Gasteiger partial charge in [-0.15, -0.1) is 0 Å². The summed E-state index contributed by atoms with van der Waals surface area (Å²) in [6, 6.07) is 0. The van der Waals surface area contributed by atoms with Crippen LogP contribution in [0.3, 0.4) is 0 Å². The molecule has 0 aromatic rings. The molecule has 38 heteroatoms. The average Bonchev–Trinajstić information content (AvgIpc) is 1.60. The zero-order chi connectivity index (χ0) is 110. The van der Waals surface area contributed by atoms with Gasteiger partial charge in [-0.2, -0.15) is 0 Å². The maximum Gasteiger partial charge on any atom is 0.309 e. The fourth-order valence-electron chi connectivity index (χ4n) is 22.3. The molecule has 10 rings (SSSR count). The van der Waals surface area contributed by atoms with E-state index in [0.717, 1.165) is 71.0 Å². The molecular weight excluding hydrogens is 1910 g/mol. The average molecular weight is 2090 g/mol. The maximum atomic E-state index is 12.7. The van der Waals surface area contributed by atoms with Crippen LogP contribution in [0.15, 0.2) is 0 Å². The fourth-order valence-corrected chi connectivity index (χ4v) is 22.3. The highest BCUT2D eigenvalue weighted by molar-refractivity contribution is 5.86. The molecule has 10 fully saturated rings. The summed E-state index contributed by atoms with van der Waals surface area (Å²) in [5, 5.41) is 66.1. The van der Waals surface area contributed by atoms with E-state index in [-0.39, 0.29) is 116 Å². The Labute approximate surface area is 866 Å². The van der Waals surface area contributed by atoms with Gasteiger partial charge in [0, 0.05) is 82.6 Å². The third-order valence-electron chi connectivity index (χ3n) is 36.9. The van der Waals surface area contributed by atoms with Crippen LogP contribution >= 0.6 is 0 Å². The minimum absolute atomic E-state index is 0. The summed E-state index contributed by atoms with van der Waals surface area (Å²) < 4.78 is 89.3. The summed E-state index contributed by atoms with van der Waals surface area (Å²) >= 11 is 0. The molecule has 0 aromatic carbocycles. The molecule has 3 saturated heterocycles. The normalized spacial score (nSPS) is 32.1. The molecule has 0 spiro atoms. The van der Waals surface area contributed by atoms with Crippen molar-refractivity contribution in [3.05, 3.63) is 0 Å². The Morgan fingerprint density at radius 1 is 0.226 bits per heavy atom. The highest BCUT2D eigenvalue weighted by atomic mass is 16.7. The lowest BCUT2D eigenvalue weighted by Crippen LogP contribution is -2.44. The molecule has 20 atom stereocenters. The number of carbonyl (C=O) groups excluding carboxylic acids is 7. The van der Waals surface area contributed by atoms with Crippen LogP contribution in [0.1, 0.15) is 307 Å². The van der Waals surface area contributed by atoms with E-state index in [1.165, 1.54) is 7.11 Å². The van der Waals surface area contributed by atoms with E-state index in [4.69, 9.17) is 80.5 Å². The van der Waals surface area contributed by atoms with Crippen LogP contribution in [-0.4, -0.2) is 298 Å². The number of rotatable bonds is 43. The molecule has 10 aliphatic rings. The van der Waals surface area contributed by atoms with Gasteiger partial charge in [-0.05, 0) is 228 Å². The predicted octanol–water partition coefficient (Wildman–Crippen LogP) is 15.8. The summed E-state index contributed by atoms with van der Waals surface area (Å²) in [7, 11) is 11.3. The maximum absolute atomic E-state index is 12.7. The summed E-state index contributed by atoms with van der Waals surface area (Å²) in [5.74, 6) is -10.6. The SMILES string of the molecule is C.COCCCCCCOC(=O)[C@H]1CC[C@@](C)(C(=O)O)C1(C)C.COCCCCCOC(=O)[C@H]1CC[C@@](C)(C(=O)O)C1(C)C.COCCCCOC(=O)[C@H]1CC[C@@](C)(C(=O)O)C1(C)C.COCCCOC(=O)[C@H]1CC[C@@](C)(C(=O)O)C1(C)C.COCCOC(=O)[C@H]1CC[C@@](C)(C(=O)O)C1(C)C.CO[C@@H]1COC[C@@H]1OC(=O)[C@H]1CC[C@@](C)(C(=O)O)C1(C)C.CO[C@H]1CO[C@H]2[C@@H]1OC[C@H]2OC(=O)[C@H]1CC[C@@](C)(C(=O)O)C1(C)C. The number of aliphatic carboxylic acids is 7. The Kier molecular flexibility index (Phi) is 51.2. The van der Waals surface area contributed by atoms with Gasteiger partial charge in [0.2, 0.25) is 0 Å². The van der Waals surface area contributed by atoms with Gasteiger partial charge >= 0.3 is 83.6 Å². The standard InChI is InChI=1S/C17H26O7.C17H30O5.C16H28O5.C15H24O6.C15H26O5.C14H24O5.C13H22O5.CH4/c1-16(2)9(5-6-17(16,3)15(19)20)14(18)24-11-8-23-12-10(21-4)7-22-13(11)12;1-16(2)13(9-10-17(16,3)15(19)20)14(18)22-12-8-6-5-7-11-21-4;1-15(2)12(8-9-16(15,3)14(18)19)13(17)21-11-7-5-6-10-20-4;1-14(2)9(5-6-15(14,3)13(17)18)12(16)21-11-8-20-7-10(11)19-4;1-14(2)11(7-8-15(14,3)13(17)18)12(16)20-10-6-5-9-19-4;1-13(2)10(6-7-14(13,3)12(16)17)11(15)19-9-5-8-18-4;1-12(2)9(10(14)18-8-7-17-4)5-6-13(12,3)11(15)16;/h9-13H,5-8H2,1-4H3,(H,19,20);13H,5-12H2,1-4H3,(H,19,20);12H,5-11H2,1-4H3,(H,18,19);9-11H,5-8H2,1-4H3,(H,17,18);11H,5-10H2,1-4H3,(H,17,18);10H,5-9H2,1-4H3,(H,16,17);9H,5-8H2,1-4H3,(H,15,16);1H4/t9-,10+,11-,12-,13-,17+;13-,17+;12-,16+;9-,10-,11+,15+;11-,15+;10-,14+;9-,13+;/m1111111./s1. The first kappa shape index (κ1) is 132. The summed E-state index contributed by atoms with van der Waals surface area (Å²) in [5.41, 5.74) is -10.5. The molecule has 0 bridgehead atoms. The molecular formula is C108H184O38. The minimum Gasteiger partial charge on any atom is -0.481 e. The third-order valence-corrected chi connectivity index (χ3v) is 36.9. The van der Waals surface area contributed by atoms with Gasteiger partial charge in [0.15, 0.2) is 12.2 Å². The van der Waals surface area contributed by atoms with Gasteiger partial charge in [-0.25, -0.2) is 0 Å². The van der Waals surface area contributed by atoms with E-state index in [1.54, 1.807) is 91.1 Å². The summed E-state index contributed by atoms with van der Waals surface area (Å²) in [4.78, 5) is 166. The second kappa shape index (κ2) is 56.5. The van der Waals surface area contributed by atoms with Crippen molar-refractivity contribution in [2.75, 3.05) is 142 Å². The Bertz CT molecular complexity index is 4250. The van der Waals surface area contributed by atoms with E-state index < -0.39 is 142 Å². The molecule has 0 unspecified atom stereocenters. The monoisotopic (exact) mass is 2090 g/mol. The molecule has 38 nitrogen and oxygen atoms in total. The number of unbranched alkanes of at least 4 members (excludes halogenated alkanes) is 6. The number of methoxy groups -OCH3 is 7. The highest BCUT2D eigenvalue weighted by Gasteiger charge is 2.66. The Balaban J connectivity index is 0.000000438. The van der Waals surface area contributed by atoms with Gasteiger partial charge in [0.25, 0.3) is 0 Å². The van der Waals surface area contributed by atoms with Crippen LogP contribution in [0, 0.1) is 117 Å². The lowest BCUT2D eigenvalue weighted by Gasteiger charge is -2.37. The number of ether oxygens (including phenoxy) is 17. The molecule has 7 aliphatic carbocycles. The van der Waals surface area contributed by atoms with Crippen molar-refractivity contribution in [3.63, 3.8) is 0 Å². The van der Waals surface area contributed by atoms with Crippen LogP contribution in [-0.2, 0) is 148 Å². The van der Waals surface area contributed by atoms with Crippen molar-refractivity contribution < 1.29 is 183 Å². The number of fused-ring (bicyclic) bond motifs is 1. The van der Waals surface area contributed by atoms with E-state index in [2.05, 4.69) is 0 Å². The zero-order valence-electron chi connectivity index (χ0n) is 92.2. The van der Waals surface area contributed by atoms with Crippen molar-refractivity contribution in [2.45, 2.75) is 344 Å². The van der Waals surface area contributed by atoms with Crippen LogP contribution in [0.25, 0.3) is 0 Å². The van der Waals surface area contributed by atoms with Gasteiger partial charge in [-0.1, -0.05) is 111 Å². The van der Waals surface area contributed by atoms with Gasteiger partial charge in [0.1, 0.15) is 31.0 Å². The number of hydrogen-bond acceptors (Lipinski definition) is 31. The Hall–Kier alpha value is -7.82. The largest absolute Gasteiger partial charge is 0.481 e. The second-order valence-electron chi connectivity index (χ2n) is 46.1. The van der Waals surface area contributed by atoms with Crippen molar-refractivity contribution in [2.24, 2.45) is 117 Å². The lowest BCUT2D eigenvalue weighted by atomic mass is 9.66. The third kappa shape index (κ3) is 30.0. The van der Waals surface area contributed by atoms with Crippen molar-refractivity contribution in [3.8, 4) is 0 Å². The summed E-state index contributed by atoms with van der Waals surface area (Å²) in [6.07, 6.45) is 14.6. The van der Waals surface area contributed by atoms with E-state index in [9.17, 15) is 103 Å². The number of carboxylic acids is 7. The van der Waals surface area contributed by atoms with E-state index >= 15 is 0 Å². The van der Waals surface area contributed by atoms with Gasteiger partial charge in [-0.3, -0.25) is 67.1 Å². The molecule has 0 aromatic heterocycles. The Morgan fingerprint density at radius 3 is 0.664 bits per heavy atom. The smallest absolute Gasteiger partial charge is 0.309 e. The number of hydrogen-bond donors (Lipinski definition) is 7.